The molecule has 0 bridgehead atoms. The Morgan fingerprint density at radius 2 is 1.82 bits per heavy atom. The molecule has 1 aliphatic carbocycles. The minimum Gasteiger partial charge on any atom is -0.492 e. The second-order valence-electron chi connectivity index (χ2n) is 9.42. The average molecular weight is 466 g/mol. The van der Waals surface area contributed by atoms with Crippen LogP contribution in [0, 0.1) is 11.8 Å². The minimum atomic E-state index is -0.515. The lowest BCUT2D eigenvalue weighted by atomic mass is 9.94. The third-order valence-electron chi connectivity index (χ3n) is 7.00. The molecule has 1 saturated carbocycles. The summed E-state index contributed by atoms with van der Waals surface area (Å²) in [5.41, 5.74) is 6.69. The van der Waals surface area contributed by atoms with Crippen LogP contribution in [0.1, 0.15) is 32.2 Å². The van der Waals surface area contributed by atoms with Gasteiger partial charge in [0.25, 0.3) is 5.56 Å². The first-order valence-electron chi connectivity index (χ1n) is 11.7. The van der Waals surface area contributed by atoms with Gasteiger partial charge >= 0.3 is 5.69 Å². The van der Waals surface area contributed by atoms with Crippen molar-refractivity contribution in [2.45, 2.75) is 38.5 Å². The summed E-state index contributed by atoms with van der Waals surface area (Å²) in [5, 5.41) is 0.386. The summed E-state index contributed by atoms with van der Waals surface area (Å²) < 4.78 is 14.1. The molecule has 1 aliphatic heterocycles. The number of methoxy groups -OCH3 is 1. The van der Waals surface area contributed by atoms with Gasteiger partial charge in [-0.3, -0.25) is 15.1 Å². The van der Waals surface area contributed by atoms with Crippen molar-refractivity contribution in [3.05, 3.63) is 63.3 Å². The summed E-state index contributed by atoms with van der Waals surface area (Å²) >= 11 is 0. The Morgan fingerprint density at radius 1 is 1.09 bits per heavy atom. The molecule has 180 valence electrons. The molecule has 1 saturated heterocycles. The number of nitrogen functional groups attached to an aromatic ring is 1. The number of nitrogens with two attached hydrogens (primary N) is 2. The van der Waals surface area contributed by atoms with E-state index in [1.165, 1.54) is 0 Å². The van der Waals surface area contributed by atoms with Crippen LogP contribution >= 0.6 is 0 Å². The van der Waals surface area contributed by atoms with E-state index in [1.54, 1.807) is 17.7 Å². The maximum absolute atomic E-state index is 12.9. The SMILES string of the molecule is COc1c(N2C[C@H](C[C@H](N)Oc3ccccc3)[C@H](C)C2)ccc2c(=O)n(N)c(=O)n(C3CC3)c12. The Labute approximate surface area is 197 Å². The minimum absolute atomic E-state index is 0.0351. The zero-order chi connectivity index (χ0) is 24.0. The van der Waals surface area contributed by atoms with E-state index < -0.39 is 17.5 Å². The zero-order valence-electron chi connectivity index (χ0n) is 19.5. The lowest BCUT2D eigenvalue weighted by Crippen LogP contribution is -2.44. The summed E-state index contributed by atoms with van der Waals surface area (Å²) in [6, 6.07) is 13.3. The quantitative estimate of drug-likeness (QED) is 0.405. The van der Waals surface area contributed by atoms with Crippen LogP contribution in [0.3, 0.4) is 0 Å². The highest BCUT2D eigenvalue weighted by Crippen LogP contribution is 2.43. The third-order valence-corrected chi connectivity index (χ3v) is 7.00. The topological polar surface area (TPSA) is 118 Å². The van der Waals surface area contributed by atoms with Gasteiger partial charge in [0, 0.05) is 25.6 Å². The summed E-state index contributed by atoms with van der Waals surface area (Å²) in [5.74, 6) is 7.80. The monoisotopic (exact) mass is 465 g/mol. The highest BCUT2D eigenvalue weighted by molar-refractivity contribution is 5.90. The Kier molecular flexibility index (Phi) is 5.73. The molecule has 0 unspecified atom stereocenters. The van der Waals surface area contributed by atoms with Crippen molar-refractivity contribution in [1.29, 1.82) is 0 Å². The van der Waals surface area contributed by atoms with Crippen molar-refractivity contribution in [2.24, 2.45) is 17.6 Å². The van der Waals surface area contributed by atoms with Crippen molar-refractivity contribution in [3.8, 4) is 11.5 Å². The van der Waals surface area contributed by atoms with Gasteiger partial charge in [0.2, 0.25) is 0 Å². The Balaban J connectivity index is 1.45. The van der Waals surface area contributed by atoms with Crippen LogP contribution in [0.4, 0.5) is 5.69 Å². The summed E-state index contributed by atoms with van der Waals surface area (Å²) in [6.07, 6.45) is 2.06. The van der Waals surface area contributed by atoms with Gasteiger partial charge in [-0.15, -0.1) is 0 Å². The molecule has 2 heterocycles. The van der Waals surface area contributed by atoms with E-state index in [1.807, 2.05) is 36.4 Å². The van der Waals surface area contributed by atoms with Crippen molar-refractivity contribution in [2.75, 3.05) is 30.9 Å². The predicted octanol–water partition coefficient (Wildman–Crippen LogP) is 2.05. The summed E-state index contributed by atoms with van der Waals surface area (Å²) in [7, 11) is 1.58. The molecule has 0 spiro atoms. The molecule has 3 atom stereocenters. The fourth-order valence-electron chi connectivity index (χ4n) is 5.08. The first kappa shape index (κ1) is 22.3. The first-order valence-corrected chi connectivity index (χ1v) is 11.7. The number of nitrogens with zero attached hydrogens (tertiary/aromatic N) is 3. The van der Waals surface area contributed by atoms with Crippen LogP contribution in [0.2, 0.25) is 0 Å². The summed E-state index contributed by atoms with van der Waals surface area (Å²) in [6.45, 7) is 3.79. The molecule has 1 aromatic heterocycles. The molecular formula is C25H31N5O4. The first-order chi connectivity index (χ1) is 16.4. The van der Waals surface area contributed by atoms with Gasteiger partial charge in [-0.1, -0.05) is 25.1 Å². The van der Waals surface area contributed by atoms with Gasteiger partial charge in [-0.25, -0.2) is 4.79 Å². The van der Waals surface area contributed by atoms with E-state index in [2.05, 4.69) is 11.8 Å². The highest BCUT2D eigenvalue weighted by atomic mass is 16.5. The van der Waals surface area contributed by atoms with Gasteiger partial charge < -0.3 is 20.2 Å². The van der Waals surface area contributed by atoms with Gasteiger partial charge in [0.1, 0.15) is 17.5 Å². The van der Waals surface area contributed by atoms with E-state index in [-0.39, 0.29) is 6.04 Å². The van der Waals surface area contributed by atoms with Crippen LogP contribution in [-0.2, 0) is 0 Å². The molecular weight excluding hydrogens is 434 g/mol. The summed E-state index contributed by atoms with van der Waals surface area (Å²) in [4.78, 5) is 27.9. The average Bonchev–Trinajstić information content (AvgIpc) is 3.60. The number of hydrogen-bond donors (Lipinski definition) is 2. The molecule has 9 nitrogen and oxygen atoms in total. The Hall–Kier alpha value is -3.46. The smallest absolute Gasteiger partial charge is 0.350 e. The van der Waals surface area contributed by atoms with E-state index in [0.717, 1.165) is 37.4 Å². The molecule has 0 radical (unpaired) electrons. The molecule has 0 amide bonds. The zero-order valence-corrected chi connectivity index (χ0v) is 19.5. The van der Waals surface area contributed by atoms with Crippen LogP contribution in [0.5, 0.6) is 11.5 Å². The lowest BCUT2D eigenvalue weighted by molar-refractivity contribution is 0.168. The number of anilines is 1. The molecule has 2 fully saturated rings. The molecule has 5 rings (SSSR count). The molecule has 34 heavy (non-hydrogen) atoms. The van der Waals surface area contributed by atoms with Crippen molar-refractivity contribution >= 4 is 16.6 Å². The van der Waals surface area contributed by atoms with Crippen LogP contribution < -0.4 is 37.2 Å². The standard InChI is InChI=1S/C25H31N5O4/c1-15-13-28(14-16(15)12-21(26)34-18-6-4-3-5-7-18)20-11-10-19-22(23(20)33-2)29(17-8-9-17)25(32)30(27)24(19)31/h3-7,10-11,15-17,21H,8-9,12-14,26-27H2,1-2H3/t15-,16+,21-/m1/s1. The normalized spacial score (nSPS) is 21.1. The van der Waals surface area contributed by atoms with Crippen LogP contribution in [0.15, 0.2) is 52.1 Å². The molecule has 3 aromatic rings. The van der Waals surface area contributed by atoms with Crippen LogP contribution in [-0.4, -0.2) is 35.7 Å². The molecule has 9 heteroatoms. The van der Waals surface area contributed by atoms with E-state index >= 15 is 0 Å². The van der Waals surface area contributed by atoms with Crippen molar-refractivity contribution in [1.82, 2.24) is 9.24 Å². The lowest BCUT2D eigenvalue weighted by Gasteiger charge is -2.24. The Bertz CT molecular complexity index is 1310. The molecule has 4 N–H and O–H groups in total. The predicted molar refractivity (Wildman–Crippen MR) is 132 cm³/mol. The fraction of sp³-hybridized carbons (Fsp3) is 0.440. The van der Waals surface area contributed by atoms with E-state index in [9.17, 15) is 9.59 Å². The van der Waals surface area contributed by atoms with E-state index in [0.29, 0.717) is 39.6 Å². The largest absolute Gasteiger partial charge is 0.492 e. The number of hydrogen-bond acceptors (Lipinski definition) is 7. The Morgan fingerprint density at radius 3 is 2.50 bits per heavy atom. The van der Waals surface area contributed by atoms with Crippen molar-refractivity contribution < 1.29 is 9.47 Å². The number of aromatic nitrogens is 2. The maximum atomic E-state index is 12.9. The fourth-order valence-corrected chi connectivity index (χ4v) is 5.08. The van der Waals surface area contributed by atoms with Gasteiger partial charge in [-0.05, 0) is 48.9 Å². The van der Waals surface area contributed by atoms with E-state index in [4.69, 9.17) is 21.1 Å². The number of para-hydroxylation sites is 1. The maximum Gasteiger partial charge on any atom is 0.350 e. The van der Waals surface area contributed by atoms with Gasteiger partial charge in [0.05, 0.1) is 18.2 Å². The van der Waals surface area contributed by atoms with Gasteiger partial charge in [-0.2, -0.15) is 4.68 Å². The number of ether oxygens (including phenoxy) is 2. The highest BCUT2D eigenvalue weighted by Gasteiger charge is 2.35. The number of benzene rings is 2. The number of rotatable bonds is 7. The number of fused-ring (bicyclic) bond motifs is 1. The third kappa shape index (κ3) is 3.90. The van der Waals surface area contributed by atoms with Gasteiger partial charge in [0.15, 0.2) is 5.75 Å². The molecule has 2 aromatic carbocycles. The second-order valence-corrected chi connectivity index (χ2v) is 9.42. The second kappa shape index (κ2) is 8.72. The van der Waals surface area contributed by atoms with Crippen LogP contribution in [0.25, 0.3) is 10.9 Å². The van der Waals surface area contributed by atoms with Crippen molar-refractivity contribution in [3.63, 3.8) is 0 Å². The molecule has 2 aliphatic rings.